The van der Waals surface area contributed by atoms with Crippen LogP contribution in [0.5, 0.6) is 5.75 Å². The van der Waals surface area contributed by atoms with Crippen molar-refractivity contribution in [1.29, 1.82) is 0 Å². The average molecular weight is 263 g/mol. The molecule has 0 unspecified atom stereocenters. The monoisotopic (exact) mass is 263 g/mol. The Morgan fingerprint density at radius 1 is 1.26 bits per heavy atom. The van der Waals surface area contributed by atoms with Gasteiger partial charge >= 0.3 is 5.97 Å². The summed E-state index contributed by atoms with van der Waals surface area (Å²) in [6.45, 7) is 3.87. The Balaban J connectivity index is 2.41. The fourth-order valence-electron chi connectivity index (χ4n) is 1.32. The zero-order chi connectivity index (χ0) is 14.1. The maximum Gasteiger partial charge on any atom is 0.330 e. The van der Waals surface area contributed by atoms with Crippen molar-refractivity contribution >= 4 is 17.6 Å². The van der Waals surface area contributed by atoms with Crippen LogP contribution in [0.4, 0.5) is 5.69 Å². The van der Waals surface area contributed by atoms with Crippen LogP contribution in [0.15, 0.2) is 36.4 Å². The van der Waals surface area contributed by atoms with Crippen molar-refractivity contribution in [2.24, 2.45) is 0 Å². The summed E-state index contributed by atoms with van der Waals surface area (Å²) in [6, 6.07) is 6.95. The normalized spacial score (nSPS) is 10.2. The number of ether oxygens (including phenoxy) is 2. The minimum absolute atomic E-state index is 0.309. The highest BCUT2D eigenvalue weighted by molar-refractivity contribution is 5.93. The van der Waals surface area contributed by atoms with Gasteiger partial charge in [-0.3, -0.25) is 4.79 Å². The standard InChI is InChI=1S/C14H17NO4/c1-3-5-14(17)19-10-13(16)15-11-6-8-12(9-7-11)18-4-2/h3,5-9H,4,10H2,1-2H3,(H,15,16)/b5-3+. The summed E-state index contributed by atoms with van der Waals surface area (Å²) in [5.41, 5.74) is 0.621. The minimum Gasteiger partial charge on any atom is -0.494 e. The van der Waals surface area contributed by atoms with Crippen LogP contribution in [-0.2, 0) is 14.3 Å². The number of esters is 1. The van der Waals surface area contributed by atoms with Crippen molar-refractivity contribution in [3.05, 3.63) is 36.4 Å². The first kappa shape index (κ1) is 14.8. The van der Waals surface area contributed by atoms with Gasteiger partial charge in [0.15, 0.2) is 6.61 Å². The van der Waals surface area contributed by atoms with Gasteiger partial charge in [-0.1, -0.05) is 6.08 Å². The van der Waals surface area contributed by atoms with E-state index >= 15 is 0 Å². The number of amides is 1. The SMILES string of the molecule is C/C=C/C(=O)OCC(=O)Nc1ccc(OCC)cc1. The van der Waals surface area contributed by atoms with E-state index in [2.05, 4.69) is 5.32 Å². The Bertz CT molecular complexity index is 451. The molecule has 0 saturated heterocycles. The smallest absolute Gasteiger partial charge is 0.330 e. The van der Waals surface area contributed by atoms with E-state index in [1.165, 1.54) is 6.08 Å². The molecule has 102 valence electrons. The predicted octanol–water partition coefficient (Wildman–Crippen LogP) is 2.14. The topological polar surface area (TPSA) is 64.6 Å². The van der Waals surface area contributed by atoms with Crippen molar-refractivity contribution in [1.82, 2.24) is 0 Å². The van der Waals surface area contributed by atoms with Crippen molar-refractivity contribution in [3.8, 4) is 5.75 Å². The summed E-state index contributed by atoms with van der Waals surface area (Å²) in [5.74, 6) is -0.189. The van der Waals surface area contributed by atoms with Gasteiger partial charge in [-0.25, -0.2) is 4.79 Å². The quantitative estimate of drug-likeness (QED) is 0.631. The van der Waals surface area contributed by atoms with E-state index in [0.717, 1.165) is 5.75 Å². The molecule has 1 aromatic rings. The number of nitrogens with one attached hydrogen (secondary N) is 1. The fraction of sp³-hybridized carbons (Fsp3) is 0.286. The maximum atomic E-state index is 11.5. The van der Waals surface area contributed by atoms with Crippen molar-refractivity contribution in [3.63, 3.8) is 0 Å². The molecule has 0 aromatic heterocycles. The summed E-state index contributed by atoms with van der Waals surface area (Å²) in [6.07, 6.45) is 2.80. The fourth-order valence-corrected chi connectivity index (χ4v) is 1.32. The molecule has 5 heteroatoms. The molecule has 0 aliphatic heterocycles. The van der Waals surface area contributed by atoms with E-state index in [1.54, 1.807) is 37.3 Å². The zero-order valence-corrected chi connectivity index (χ0v) is 11.0. The molecule has 1 amide bonds. The van der Waals surface area contributed by atoms with Crippen LogP contribution >= 0.6 is 0 Å². The number of allylic oxidation sites excluding steroid dienone is 1. The van der Waals surface area contributed by atoms with E-state index in [4.69, 9.17) is 9.47 Å². The lowest BCUT2D eigenvalue weighted by Crippen LogP contribution is -2.20. The van der Waals surface area contributed by atoms with Gasteiger partial charge in [0, 0.05) is 11.8 Å². The van der Waals surface area contributed by atoms with Gasteiger partial charge in [0.1, 0.15) is 5.75 Å². The molecule has 0 aliphatic carbocycles. The Morgan fingerprint density at radius 3 is 2.53 bits per heavy atom. The Kier molecular flexibility index (Phi) is 6.15. The highest BCUT2D eigenvalue weighted by atomic mass is 16.5. The van der Waals surface area contributed by atoms with Crippen LogP contribution in [0.2, 0.25) is 0 Å². The highest BCUT2D eigenvalue weighted by Crippen LogP contribution is 2.15. The van der Waals surface area contributed by atoms with Crippen LogP contribution in [0.1, 0.15) is 13.8 Å². The second-order valence-electron chi connectivity index (χ2n) is 3.61. The highest BCUT2D eigenvalue weighted by Gasteiger charge is 2.05. The number of hydrogen-bond acceptors (Lipinski definition) is 4. The number of rotatable bonds is 6. The second kappa shape index (κ2) is 7.92. The molecule has 1 aromatic carbocycles. The third-order valence-electron chi connectivity index (χ3n) is 2.10. The molecule has 0 heterocycles. The average Bonchev–Trinajstić information content (AvgIpc) is 2.39. The maximum absolute atomic E-state index is 11.5. The molecule has 0 fully saturated rings. The first-order chi connectivity index (χ1) is 9.15. The Labute approximate surface area is 112 Å². The molecule has 19 heavy (non-hydrogen) atoms. The molecule has 0 aliphatic rings. The predicted molar refractivity (Wildman–Crippen MR) is 72.0 cm³/mol. The van der Waals surface area contributed by atoms with E-state index in [1.807, 2.05) is 6.92 Å². The Morgan fingerprint density at radius 2 is 1.95 bits per heavy atom. The van der Waals surface area contributed by atoms with Gasteiger partial charge in [0.05, 0.1) is 6.61 Å². The van der Waals surface area contributed by atoms with Crippen molar-refractivity contribution < 1.29 is 19.1 Å². The summed E-state index contributed by atoms with van der Waals surface area (Å²) < 4.78 is 10.00. The molecule has 1 N–H and O–H groups in total. The lowest BCUT2D eigenvalue weighted by Gasteiger charge is -2.07. The first-order valence-electron chi connectivity index (χ1n) is 5.98. The molecule has 5 nitrogen and oxygen atoms in total. The van der Waals surface area contributed by atoms with E-state index in [0.29, 0.717) is 12.3 Å². The molecule has 0 bridgehead atoms. The number of carbonyl (C=O) groups is 2. The van der Waals surface area contributed by atoms with Gasteiger partial charge < -0.3 is 14.8 Å². The lowest BCUT2D eigenvalue weighted by atomic mass is 10.3. The lowest BCUT2D eigenvalue weighted by molar-refractivity contribution is -0.142. The summed E-state index contributed by atoms with van der Waals surface area (Å²) in [7, 11) is 0. The zero-order valence-electron chi connectivity index (χ0n) is 11.0. The van der Waals surface area contributed by atoms with E-state index in [-0.39, 0.29) is 12.5 Å². The Hall–Kier alpha value is -2.30. The van der Waals surface area contributed by atoms with Crippen LogP contribution in [0.3, 0.4) is 0 Å². The van der Waals surface area contributed by atoms with Crippen molar-refractivity contribution in [2.45, 2.75) is 13.8 Å². The number of carbonyl (C=O) groups excluding carboxylic acids is 2. The molecular weight excluding hydrogens is 246 g/mol. The largest absolute Gasteiger partial charge is 0.494 e. The van der Waals surface area contributed by atoms with E-state index < -0.39 is 5.97 Å². The molecule has 0 spiro atoms. The summed E-state index contributed by atoms with van der Waals surface area (Å²) in [5, 5.41) is 2.61. The van der Waals surface area contributed by atoms with Gasteiger partial charge in [0.2, 0.25) is 0 Å². The summed E-state index contributed by atoms with van der Waals surface area (Å²) in [4.78, 5) is 22.5. The van der Waals surface area contributed by atoms with Gasteiger partial charge in [-0.05, 0) is 38.1 Å². The third-order valence-corrected chi connectivity index (χ3v) is 2.10. The van der Waals surface area contributed by atoms with Gasteiger partial charge in [-0.15, -0.1) is 0 Å². The number of anilines is 1. The molecular formula is C14H17NO4. The minimum atomic E-state index is -0.538. The van der Waals surface area contributed by atoms with Crippen LogP contribution in [0, 0.1) is 0 Å². The second-order valence-corrected chi connectivity index (χ2v) is 3.61. The molecule has 1 rings (SSSR count). The van der Waals surface area contributed by atoms with Crippen molar-refractivity contribution in [2.75, 3.05) is 18.5 Å². The number of hydrogen-bond donors (Lipinski definition) is 1. The van der Waals surface area contributed by atoms with Gasteiger partial charge in [-0.2, -0.15) is 0 Å². The van der Waals surface area contributed by atoms with E-state index in [9.17, 15) is 9.59 Å². The first-order valence-corrected chi connectivity index (χ1v) is 5.98. The molecule has 0 saturated carbocycles. The molecule has 0 radical (unpaired) electrons. The summed E-state index contributed by atoms with van der Waals surface area (Å²) >= 11 is 0. The molecule has 0 atom stereocenters. The van der Waals surface area contributed by atoms with Crippen LogP contribution in [-0.4, -0.2) is 25.1 Å². The van der Waals surface area contributed by atoms with Gasteiger partial charge in [0.25, 0.3) is 5.91 Å². The third kappa shape index (κ3) is 5.72. The van der Waals surface area contributed by atoms with Crippen LogP contribution in [0.25, 0.3) is 0 Å². The number of benzene rings is 1. The van der Waals surface area contributed by atoms with Crippen LogP contribution < -0.4 is 10.1 Å².